The summed E-state index contributed by atoms with van der Waals surface area (Å²) in [7, 11) is 3.35. The van der Waals surface area contributed by atoms with Crippen LogP contribution >= 0.6 is 0 Å². The van der Waals surface area contributed by atoms with E-state index in [2.05, 4.69) is 5.43 Å². The molecule has 0 saturated heterocycles. The summed E-state index contributed by atoms with van der Waals surface area (Å²) in [5.74, 6) is 8.18. The largest absolute Gasteiger partial charge is 0.497 e. The van der Waals surface area contributed by atoms with Gasteiger partial charge in [-0.2, -0.15) is 0 Å². The van der Waals surface area contributed by atoms with Crippen LogP contribution in [0.15, 0.2) is 18.2 Å². The Balaban J connectivity index is 2.13. The van der Waals surface area contributed by atoms with E-state index in [-0.39, 0.29) is 6.04 Å². The van der Waals surface area contributed by atoms with Crippen LogP contribution in [0.25, 0.3) is 0 Å². The zero-order chi connectivity index (χ0) is 14.4. The molecule has 0 radical (unpaired) electrons. The van der Waals surface area contributed by atoms with Crippen molar-refractivity contribution in [2.45, 2.75) is 44.6 Å². The van der Waals surface area contributed by atoms with E-state index in [0.717, 1.165) is 29.4 Å². The van der Waals surface area contributed by atoms with Crippen molar-refractivity contribution < 1.29 is 9.47 Å². The molecule has 1 aromatic carbocycles. The maximum absolute atomic E-state index is 5.78. The van der Waals surface area contributed by atoms with Gasteiger partial charge in [-0.05, 0) is 18.4 Å². The van der Waals surface area contributed by atoms with Gasteiger partial charge in [0.2, 0.25) is 0 Å². The van der Waals surface area contributed by atoms with Gasteiger partial charge in [0.05, 0.1) is 14.2 Å². The Kier molecular flexibility index (Phi) is 5.68. The predicted molar refractivity (Wildman–Crippen MR) is 80.8 cm³/mol. The standard InChI is InChI=1S/C16H26N2O2/c1-19-13-8-9-14(16(11-13)20-2)15(18-17)10-12-6-4-3-5-7-12/h8-9,11-12,15,18H,3-7,10,17H2,1-2H3. The molecule has 0 aromatic heterocycles. The first kappa shape index (κ1) is 15.1. The Hall–Kier alpha value is -1.26. The maximum atomic E-state index is 5.78. The number of hydrogen-bond acceptors (Lipinski definition) is 4. The molecule has 3 N–H and O–H groups in total. The average molecular weight is 278 g/mol. The monoisotopic (exact) mass is 278 g/mol. The van der Waals surface area contributed by atoms with Crippen LogP contribution in [0.1, 0.15) is 50.1 Å². The topological polar surface area (TPSA) is 56.5 Å². The van der Waals surface area contributed by atoms with Gasteiger partial charge in [0.1, 0.15) is 11.5 Å². The van der Waals surface area contributed by atoms with Crippen molar-refractivity contribution in [1.29, 1.82) is 0 Å². The van der Waals surface area contributed by atoms with Crippen LogP contribution < -0.4 is 20.7 Å². The fraction of sp³-hybridized carbons (Fsp3) is 0.625. The molecule has 4 heteroatoms. The second-order valence-corrected chi connectivity index (χ2v) is 5.57. The summed E-state index contributed by atoms with van der Waals surface area (Å²) in [6.45, 7) is 0. The zero-order valence-corrected chi connectivity index (χ0v) is 12.5. The first-order valence-electron chi connectivity index (χ1n) is 7.46. The minimum atomic E-state index is 0.138. The highest BCUT2D eigenvalue weighted by molar-refractivity contribution is 5.42. The fourth-order valence-electron chi connectivity index (χ4n) is 3.15. The average Bonchev–Trinajstić information content (AvgIpc) is 2.53. The van der Waals surface area contributed by atoms with Crippen LogP contribution in [-0.2, 0) is 0 Å². The van der Waals surface area contributed by atoms with E-state index in [9.17, 15) is 0 Å². The summed E-state index contributed by atoms with van der Waals surface area (Å²) in [5.41, 5.74) is 4.07. The molecule has 1 atom stereocenters. The van der Waals surface area contributed by atoms with Gasteiger partial charge in [0, 0.05) is 17.7 Å². The molecule has 1 aromatic rings. The fourth-order valence-corrected chi connectivity index (χ4v) is 3.15. The third-order valence-electron chi connectivity index (χ3n) is 4.31. The first-order chi connectivity index (χ1) is 9.78. The third kappa shape index (κ3) is 3.64. The lowest BCUT2D eigenvalue weighted by atomic mass is 9.83. The van der Waals surface area contributed by atoms with Crippen molar-refractivity contribution >= 4 is 0 Å². The Morgan fingerprint density at radius 3 is 2.55 bits per heavy atom. The molecule has 1 aliphatic rings. The predicted octanol–water partition coefficient (Wildman–Crippen LogP) is 3.18. The Morgan fingerprint density at radius 1 is 1.20 bits per heavy atom. The molecule has 1 unspecified atom stereocenters. The van der Waals surface area contributed by atoms with E-state index in [1.807, 2.05) is 18.2 Å². The van der Waals surface area contributed by atoms with Crippen molar-refractivity contribution in [1.82, 2.24) is 5.43 Å². The molecule has 112 valence electrons. The highest BCUT2D eigenvalue weighted by Crippen LogP contribution is 2.36. The molecule has 2 rings (SSSR count). The zero-order valence-electron chi connectivity index (χ0n) is 12.5. The normalized spacial score (nSPS) is 17.8. The van der Waals surface area contributed by atoms with Crippen molar-refractivity contribution in [2.24, 2.45) is 11.8 Å². The van der Waals surface area contributed by atoms with Crippen LogP contribution in [0.4, 0.5) is 0 Å². The number of rotatable bonds is 6. The summed E-state index contributed by atoms with van der Waals surface area (Å²) in [6.07, 6.45) is 7.78. The molecule has 0 heterocycles. The SMILES string of the molecule is COc1ccc(C(CC2CCCCC2)NN)c(OC)c1. The molecule has 0 spiro atoms. The summed E-state index contributed by atoms with van der Waals surface area (Å²) < 4.78 is 10.7. The van der Waals surface area contributed by atoms with Gasteiger partial charge in [0.15, 0.2) is 0 Å². The van der Waals surface area contributed by atoms with Gasteiger partial charge in [-0.1, -0.05) is 38.2 Å². The molecule has 4 nitrogen and oxygen atoms in total. The molecule has 1 saturated carbocycles. The number of nitrogens with two attached hydrogens (primary N) is 1. The van der Waals surface area contributed by atoms with Crippen LogP contribution in [0, 0.1) is 5.92 Å². The van der Waals surface area contributed by atoms with E-state index in [0.29, 0.717) is 0 Å². The summed E-state index contributed by atoms with van der Waals surface area (Å²) in [6, 6.07) is 6.06. The molecule has 20 heavy (non-hydrogen) atoms. The molecule has 0 amide bonds. The van der Waals surface area contributed by atoms with Gasteiger partial charge in [-0.3, -0.25) is 11.3 Å². The summed E-state index contributed by atoms with van der Waals surface area (Å²) >= 11 is 0. The first-order valence-corrected chi connectivity index (χ1v) is 7.46. The minimum absolute atomic E-state index is 0.138. The van der Waals surface area contributed by atoms with Gasteiger partial charge in [-0.25, -0.2) is 0 Å². The van der Waals surface area contributed by atoms with Gasteiger partial charge in [0.25, 0.3) is 0 Å². The Morgan fingerprint density at radius 2 is 1.95 bits per heavy atom. The van der Waals surface area contributed by atoms with Crippen LogP contribution in [0.5, 0.6) is 11.5 Å². The van der Waals surface area contributed by atoms with Crippen molar-refractivity contribution in [2.75, 3.05) is 14.2 Å². The molecule has 0 bridgehead atoms. The summed E-state index contributed by atoms with van der Waals surface area (Å²) in [5, 5.41) is 0. The van der Waals surface area contributed by atoms with E-state index in [1.54, 1.807) is 14.2 Å². The smallest absolute Gasteiger partial charge is 0.127 e. The molecule has 1 aliphatic carbocycles. The van der Waals surface area contributed by atoms with Crippen molar-refractivity contribution in [3.63, 3.8) is 0 Å². The van der Waals surface area contributed by atoms with E-state index >= 15 is 0 Å². The van der Waals surface area contributed by atoms with Crippen LogP contribution in [0.2, 0.25) is 0 Å². The third-order valence-corrected chi connectivity index (χ3v) is 4.31. The van der Waals surface area contributed by atoms with Crippen LogP contribution in [0.3, 0.4) is 0 Å². The number of nitrogens with one attached hydrogen (secondary N) is 1. The quantitative estimate of drug-likeness (QED) is 0.620. The number of methoxy groups -OCH3 is 2. The second kappa shape index (κ2) is 7.50. The lowest BCUT2D eigenvalue weighted by Crippen LogP contribution is -2.30. The maximum Gasteiger partial charge on any atom is 0.127 e. The Labute approximate surface area is 121 Å². The minimum Gasteiger partial charge on any atom is -0.497 e. The lowest BCUT2D eigenvalue weighted by molar-refractivity contribution is 0.296. The number of ether oxygens (including phenoxy) is 2. The molecule has 0 aliphatic heterocycles. The molecule has 1 fully saturated rings. The van der Waals surface area contributed by atoms with Gasteiger partial charge < -0.3 is 9.47 Å². The lowest BCUT2D eigenvalue weighted by Gasteiger charge is -2.27. The summed E-state index contributed by atoms with van der Waals surface area (Å²) in [4.78, 5) is 0. The number of hydrazine groups is 1. The molecular weight excluding hydrogens is 252 g/mol. The van der Waals surface area contributed by atoms with E-state index < -0.39 is 0 Å². The second-order valence-electron chi connectivity index (χ2n) is 5.57. The number of benzene rings is 1. The van der Waals surface area contributed by atoms with E-state index in [1.165, 1.54) is 32.1 Å². The van der Waals surface area contributed by atoms with Gasteiger partial charge in [-0.15, -0.1) is 0 Å². The number of hydrogen-bond donors (Lipinski definition) is 2. The van der Waals surface area contributed by atoms with Gasteiger partial charge >= 0.3 is 0 Å². The highest BCUT2D eigenvalue weighted by Gasteiger charge is 2.22. The molecular formula is C16H26N2O2. The van der Waals surface area contributed by atoms with Crippen molar-refractivity contribution in [3.8, 4) is 11.5 Å². The highest BCUT2D eigenvalue weighted by atomic mass is 16.5. The Bertz CT molecular complexity index is 417. The van der Waals surface area contributed by atoms with Crippen molar-refractivity contribution in [3.05, 3.63) is 23.8 Å². The van der Waals surface area contributed by atoms with E-state index in [4.69, 9.17) is 15.3 Å². The van der Waals surface area contributed by atoms with Crippen LogP contribution in [-0.4, -0.2) is 14.2 Å².